The molecule has 0 aromatic carbocycles. The highest BCUT2D eigenvalue weighted by Gasteiger charge is 2.24. The van der Waals surface area contributed by atoms with Crippen molar-refractivity contribution in [3.63, 3.8) is 0 Å². The van der Waals surface area contributed by atoms with Crippen molar-refractivity contribution in [1.29, 1.82) is 0 Å². The lowest BCUT2D eigenvalue weighted by atomic mass is 10.3. The molecule has 1 N–H and O–H groups in total. The third kappa shape index (κ3) is 2.52. The molecule has 0 unspecified atom stereocenters. The van der Waals surface area contributed by atoms with Crippen molar-refractivity contribution >= 4 is 17.2 Å². The van der Waals surface area contributed by atoms with E-state index in [1.54, 1.807) is 30.7 Å². The van der Waals surface area contributed by atoms with Gasteiger partial charge < -0.3 is 5.32 Å². The van der Waals surface area contributed by atoms with Gasteiger partial charge in [0.1, 0.15) is 12.7 Å². The predicted octanol–water partition coefficient (Wildman–Crippen LogP) is 1.71. The first-order valence-electron chi connectivity index (χ1n) is 5.90. The number of pyridine rings is 1. The Bertz CT molecular complexity index is 759. The largest absolute Gasteiger partial charge is 0.354 e. The van der Waals surface area contributed by atoms with Crippen LogP contribution >= 0.6 is 0 Å². The molecular formula is C12H9N7O2. The van der Waals surface area contributed by atoms with E-state index in [9.17, 15) is 10.1 Å². The van der Waals surface area contributed by atoms with E-state index in [1.165, 1.54) is 23.4 Å². The molecule has 0 saturated carbocycles. The summed E-state index contributed by atoms with van der Waals surface area (Å²) < 4.78 is 1.46. The highest BCUT2D eigenvalue weighted by atomic mass is 16.6. The molecule has 0 atom stereocenters. The fourth-order valence-corrected chi connectivity index (χ4v) is 1.77. The second-order valence-corrected chi connectivity index (χ2v) is 3.98. The third-order valence-corrected chi connectivity index (χ3v) is 2.68. The molecule has 3 rings (SSSR count). The van der Waals surface area contributed by atoms with Gasteiger partial charge in [-0.15, -0.1) is 0 Å². The van der Waals surface area contributed by atoms with Crippen molar-refractivity contribution in [2.24, 2.45) is 0 Å². The molecule has 0 spiro atoms. The summed E-state index contributed by atoms with van der Waals surface area (Å²) in [6.45, 7) is 0. The van der Waals surface area contributed by atoms with Gasteiger partial charge in [-0.1, -0.05) is 0 Å². The Morgan fingerprint density at radius 3 is 2.62 bits per heavy atom. The van der Waals surface area contributed by atoms with Gasteiger partial charge >= 0.3 is 5.69 Å². The van der Waals surface area contributed by atoms with Gasteiger partial charge in [-0.05, 0) is 12.1 Å². The minimum Gasteiger partial charge on any atom is -0.334 e. The Balaban J connectivity index is 2.09. The number of anilines is 2. The van der Waals surface area contributed by atoms with Crippen LogP contribution in [0.4, 0.5) is 17.2 Å². The number of hydrogen-bond donors (Lipinski definition) is 1. The number of imidazole rings is 1. The quantitative estimate of drug-likeness (QED) is 0.573. The summed E-state index contributed by atoms with van der Waals surface area (Å²) in [4.78, 5) is 26.5. The van der Waals surface area contributed by atoms with Gasteiger partial charge in [-0.2, -0.15) is 0 Å². The smallest absolute Gasteiger partial charge is 0.334 e. The molecule has 21 heavy (non-hydrogen) atoms. The Morgan fingerprint density at radius 1 is 1.14 bits per heavy atom. The van der Waals surface area contributed by atoms with E-state index < -0.39 is 4.92 Å². The SMILES string of the molecule is O=[N+]([O-])c1c(Nc2ccncc2)ncnc1-n1ccnc1. The van der Waals surface area contributed by atoms with Crippen LogP contribution in [0.25, 0.3) is 5.82 Å². The highest BCUT2D eigenvalue weighted by molar-refractivity contribution is 5.69. The maximum absolute atomic E-state index is 11.4. The van der Waals surface area contributed by atoms with E-state index >= 15 is 0 Å². The molecule has 0 amide bonds. The lowest BCUT2D eigenvalue weighted by molar-refractivity contribution is -0.384. The van der Waals surface area contributed by atoms with Gasteiger partial charge in [-0.25, -0.2) is 15.0 Å². The van der Waals surface area contributed by atoms with Crippen LogP contribution in [0.15, 0.2) is 49.6 Å². The molecule has 0 bridgehead atoms. The minimum atomic E-state index is -0.529. The fourth-order valence-electron chi connectivity index (χ4n) is 1.77. The van der Waals surface area contributed by atoms with Gasteiger partial charge in [0, 0.05) is 30.5 Å². The topological polar surface area (TPSA) is 112 Å². The van der Waals surface area contributed by atoms with Crippen LogP contribution in [-0.2, 0) is 0 Å². The highest BCUT2D eigenvalue weighted by Crippen LogP contribution is 2.29. The fraction of sp³-hybridized carbons (Fsp3) is 0. The van der Waals surface area contributed by atoms with E-state index in [-0.39, 0.29) is 17.3 Å². The zero-order valence-electron chi connectivity index (χ0n) is 10.6. The third-order valence-electron chi connectivity index (χ3n) is 2.68. The Labute approximate surface area is 118 Å². The standard InChI is InChI=1S/C12H9N7O2/c20-19(21)10-11(17-9-1-3-13-4-2-9)15-7-16-12(10)18-6-5-14-8-18/h1-8H,(H,13,15,16,17). The summed E-state index contributed by atoms with van der Waals surface area (Å²) in [6, 6.07) is 3.37. The zero-order chi connectivity index (χ0) is 14.7. The average molecular weight is 283 g/mol. The van der Waals surface area contributed by atoms with Gasteiger partial charge in [-0.3, -0.25) is 19.7 Å². The molecule has 9 nitrogen and oxygen atoms in total. The van der Waals surface area contributed by atoms with E-state index in [0.29, 0.717) is 5.69 Å². The molecule has 3 aromatic heterocycles. The van der Waals surface area contributed by atoms with Gasteiger partial charge in [0.15, 0.2) is 0 Å². The summed E-state index contributed by atoms with van der Waals surface area (Å²) in [6.07, 6.45) is 8.93. The molecule has 3 aromatic rings. The number of rotatable bonds is 4. The number of aromatic nitrogens is 5. The number of nitro groups is 1. The molecule has 0 aliphatic carbocycles. The zero-order valence-corrected chi connectivity index (χ0v) is 10.6. The van der Waals surface area contributed by atoms with Crippen LogP contribution in [0.5, 0.6) is 0 Å². The number of nitrogens with one attached hydrogen (secondary N) is 1. The normalized spacial score (nSPS) is 10.3. The number of hydrogen-bond acceptors (Lipinski definition) is 7. The van der Waals surface area contributed by atoms with Crippen molar-refractivity contribution in [3.8, 4) is 5.82 Å². The average Bonchev–Trinajstić information content (AvgIpc) is 3.02. The summed E-state index contributed by atoms with van der Waals surface area (Å²) in [5.74, 6) is 0.244. The maximum Gasteiger partial charge on any atom is 0.354 e. The van der Waals surface area contributed by atoms with Crippen LogP contribution < -0.4 is 5.32 Å². The molecule has 9 heteroatoms. The molecule has 3 heterocycles. The minimum absolute atomic E-state index is 0.102. The molecule has 104 valence electrons. The molecular weight excluding hydrogens is 274 g/mol. The van der Waals surface area contributed by atoms with E-state index in [2.05, 4.69) is 25.3 Å². The van der Waals surface area contributed by atoms with Crippen molar-refractivity contribution in [3.05, 3.63) is 59.7 Å². The summed E-state index contributed by atoms with van der Waals surface area (Å²) in [5.41, 5.74) is 0.413. The van der Waals surface area contributed by atoms with E-state index in [0.717, 1.165) is 0 Å². The number of nitrogens with zero attached hydrogens (tertiary/aromatic N) is 6. The predicted molar refractivity (Wildman–Crippen MR) is 73.3 cm³/mol. The summed E-state index contributed by atoms with van der Waals surface area (Å²) in [5, 5.41) is 14.3. The molecule has 0 radical (unpaired) electrons. The van der Waals surface area contributed by atoms with Crippen LogP contribution in [-0.4, -0.2) is 29.4 Å². The molecule has 0 fully saturated rings. The first-order valence-corrected chi connectivity index (χ1v) is 5.90. The Hall–Kier alpha value is -3.36. The van der Waals surface area contributed by atoms with E-state index in [4.69, 9.17) is 0 Å². The van der Waals surface area contributed by atoms with Crippen LogP contribution in [0.2, 0.25) is 0 Å². The Morgan fingerprint density at radius 2 is 1.95 bits per heavy atom. The monoisotopic (exact) mass is 283 g/mol. The van der Waals surface area contributed by atoms with Crippen LogP contribution in [0.1, 0.15) is 0 Å². The second-order valence-electron chi connectivity index (χ2n) is 3.98. The molecule has 0 saturated heterocycles. The van der Waals surface area contributed by atoms with Crippen LogP contribution in [0, 0.1) is 10.1 Å². The second kappa shape index (κ2) is 5.33. The van der Waals surface area contributed by atoms with Gasteiger partial charge in [0.05, 0.1) is 4.92 Å². The first kappa shape index (κ1) is 12.7. The maximum atomic E-state index is 11.4. The van der Waals surface area contributed by atoms with Crippen LogP contribution in [0.3, 0.4) is 0 Å². The first-order chi connectivity index (χ1) is 10.3. The van der Waals surface area contributed by atoms with Crippen molar-refractivity contribution in [1.82, 2.24) is 24.5 Å². The van der Waals surface area contributed by atoms with E-state index in [1.807, 2.05) is 0 Å². The van der Waals surface area contributed by atoms with Gasteiger partial charge in [0.25, 0.3) is 0 Å². The van der Waals surface area contributed by atoms with Crippen molar-refractivity contribution in [2.75, 3.05) is 5.32 Å². The molecule has 0 aliphatic rings. The summed E-state index contributed by atoms with van der Waals surface area (Å²) in [7, 11) is 0. The lowest BCUT2D eigenvalue weighted by Gasteiger charge is -2.08. The van der Waals surface area contributed by atoms with Crippen molar-refractivity contribution in [2.45, 2.75) is 0 Å². The Kier molecular flexibility index (Phi) is 3.21. The molecule has 0 aliphatic heterocycles. The van der Waals surface area contributed by atoms with Gasteiger partial charge in [0.2, 0.25) is 11.6 Å². The lowest BCUT2D eigenvalue weighted by Crippen LogP contribution is -2.06. The van der Waals surface area contributed by atoms with Crippen molar-refractivity contribution < 1.29 is 4.92 Å². The summed E-state index contributed by atoms with van der Waals surface area (Å²) >= 11 is 0.